The van der Waals surface area contributed by atoms with Crippen LogP contribution in [0.15, 0.2) is 42.5 Å². The lowest BCUT2D eigenvalue weighted by atomic mass is 9.79. The lowest BCUT2D eigenvalue weighted by Gasteiger charge is -2.41. The van der Waals surface area contributed by atoms with Crippen molar-refractivity contribution in [2.24, 2.45) is 0 Å². The Hall–Kier alpha value is -3.46. The number of terminal acetylenes is 1. The van der Waals surface area contributed by atoms with Crippen LogP contribution >= 0.6 is 0 Å². The molecule has 2 heterocycles. The maximum atomic E-state index is 13.3. The quantitative estimate of drug-likeness (QED) is 0.798. The highest BCUT2D eigenvalue weighted by Gasteiger charge is 2.44. The van der Waals surface area contributed by atoms with Gasteiger partial charge in [0, 0.05) is 12.1 Å². The zero-order valence-corrected chi connectivity index (χ0v) is 16.2. The summed E-state index contributed by atoms with van der Waals surface area (Å²) in [5.74, 6) is 2.86. The molecule has 6 nitrogen and oxygen atoms in total. The summed E-state index contributed by atoms with van der Waals surface area (Å²) in [6.07, 6.45) is 6.12. The van der Waals surface area contributed by atoms with Gasteiger partial charge in [0.25, 0.3) is 5.91 Å². The third-order valence-corrected chi connectivity index (χ3v) is 5.29. The van der Waals surface area contributed by atoms with E-state index in [4.69, 9.17) is 15.9 Å². The van der Waals surface area contributed by atoms with Gasteiger partial charge in [-0.05, 0) is 35.7 Å². The van der Waals surface area contributed by atoms with Gasteiger partial charge in [-0.15, -0.1) is 6.42 Å². The molecule has 2 aromatic rings. The number of nitrogens with one attached hydrogen (secondary N) is 1. The molecule has 0 bridgehead atoms. The number of hydrogen-bond donors (Lipinski definition) is 1. The van der Waals surface area contributed by atoms with E-state index in [1.54, 1.807) is 11.0 Å². The van der Waals surface area contributed by atoms with Crippen molar-refractivity contribution in [2.75, 3.05) is 19.9 Å². The first-order chi connectivity index (χ1) is 14.2. The summed E-state index contributed by atoms with van der Waals surface area (Å²) < 4.78 is 10.9. The van der Waals surface area contributed by atoms with Crippen molar-refractivity contribution < 1.29 is 19.1 Å². The smallest absolute Gasteiger partial charge is 0.254 e. The number of ether oxygens (including phenoxy) is 2. The minimum Gasteiger partial charge on any atom is -0.454 e. The van der Waals surface area contributed by atoms with Gasteiger partial charge in [0.1, 0.15) is 0 Å². The Bertz CT molecular complexity index is 995. The van der Waals surface area contributed by atoms with E-state index in [1.165, 1.54) is 0 Å². The predicted molar refractivity (Wildman–Crippen MR) is 108 cm³/mol. The largest absolute Gasteiger partial charge is 0.454 e. The highest BCUT2D eigenvalue weighted by molar-refractivity contribution is 6.01. The molecule has 0 saturated heterocycles. The molecule has 2 atom stereocenters. The summed E-state index contributed by atoms with van der Waals surface area (Å²) in [7, 11) is 0. The van der Waals surface area contributed by atoms with Crippen LogP contribution in [-0.4, -0.2) is 36.6 Å². The zero-order chi connectivity index (χ0) is 20.4. The Kier molecular flexibility index (Phi) is 5.13. The second kappa shape index (κ2) is 7.88. The number of hydrogen-bond acceptors (Lipinski definition) is 4. The number of fused-ring (bicyclic) bond motifs is 2. The first-order valence-electron chi connectivity index (χ1n) is 9.66. The second-order valence-electron chi connectivity index (χ2n) is 7.04. The van der Waals surface area contributed by atoms with Crippen LogP contribution in [0.5, 0.6) is 11.5 Å². The minimum atomic E-state index is -0.579. The zero-order valence-electron chi connectivity index (χ0n) is 16.2. The number of rotatable bonds is 5. The lowest BCUT2D eigenvalue weighted by Crippen LogP contribution is -2.47. The molecule has 0 spiro atoms. The monoisotopic (exact) mass is 390 g/mol. The Morgan fingerprint density at radius 1 is 1.24 bits per heavy atom. The number of amides is 2. The molecule has 2 aliphatic heterocycles. The van der Waals surface area contributed by atoms with Gasteiger partial charge in [-0.2, -0.15) is 0 Å². The third-order valence-electron chi connectivity index (χ3n) is 5.29. The fourth-order valence-corrected chi connectivity index (χ4v) is 4.08. The van der Waals surface area contributed by atoms with Crippen LogP contribution in [0.4, 0.5) is 0 Å². The average Bonchev–Trinajstić information content (AvgIpc) is 3.21. The van der Waals surface area contributed by atoms with Gasteiger partial charge in [-0.1, -0.05) is 37.1 Å². The minimum absolute atomic E-state index is 0.0777. The highest BCUT2D eigenvalue weighted by atomic mass is 16.7. The average molecular weight is 390 g/mol. The third kappa shape index (κ3) is 3.29. The van der Waals surface area contributed by atoms with E-state index in [-0.39, 0.29) is 25.2 Å². The number of benzene rings is 2. The van der Waals surface area contributed by atoms with Gasteiger partial charge in [0.05, 0.1) is 18.5 Å². The van der Waals surface area contributed by atoms with Crippen molar-refractivity contribution in [1.29, 1.82) is 0 Å². The van der Waals surface area contributed by atoms with Crippen LogP contribution in [0.3, 0.4) is 0 Å². The van der Waals surface area contributed by atoms with Crippen LogP contribution < -0.4 is 14.8 Å². The van der Waals surface area contributed by atoms with Crippen LogP contribution in [0.1, 0.15) is 46.8 Å². The van der Waals surface area contributed by atoms with Crippen LogP contribution in [0.25, 0.3) is 0 Å². The maximum Gasteiger partial charge on any atom is 0.254 e. The molecule has 6 heteroatoms. The molecule has 29 heavy (non-hydrogen) atoms. The SMILES string of the molecule is C#CCNC(=O)[C@@H]1c2ccccc2C(=O)N(CCC)[C@@H]1c1ccc2c(c1)OCO2. The first-order valence-corrected chi connectivity index (χ1v) is 9.66. The molecule has 0 unspecified atom stereocenters. The topological polar surface area (TPSA) is 67.9 Å². The number of carbonyl (C=O) groups is 2. The molecule has 148 valence electrons. The normalized spacial score (nSPS) is 19.4. The van der Waals surface area contributed by atoms with Crippen molar-refractivity contribution in [3.05, 3.63) is 59.2 Å². The first kappa shape index (κ1) is 18.9. The number of nitrogens with zero attached hydrogens (tertiary/aromatic N) is 1. The van der Waals surface area contributed by atoms with Crippen molar-refractivity contribution >= 4 is 11.8 Å². The predicted octanol–water partition coefficient (Wildman–Crippen LogP) is 2.86. The van der Waals surface area contributed by atoms with Crippen LogP contribution in [0, 0.1) is 12.3 Å². The molecular formula is C23H22N2O4. The van der Waals surface area contributed by atoms with Crippen molar-refractivity contribution in [2.45, 2.75) is 25.3 Å². The van der Waals surface area contributed by atoms with Crippen molar-refractivity contribution in [1.82, 2.24) is 10.2 Å². The Morgan fingerprint density at radius 3 is 2.83 bits per heavy atom. The fraction of sp³-hybridized carbons (Fsp3) is 0.304. The van der Waals surface area contributed by atoms with E-state index in [0.717, 1.165) is 12.0 Å². The van der Waals surface area contributed by atoms with Crippen LogP contribution in [0.2, 0.25) is 0 Å². The van der Waals surface area contributed by atoms with Crippen molar-refractivity contribution in [3.8, 4) is 23.8 Å². The molecule has 0 aliphatic carbocycles. The standard InChI is InChI=1S/C23H22N2O4/c1-3-11-24-22(26)20-16-7-5-6-8-17(16)23(27)25(12-4-2)21(20)15-9-10-18-19(13-15)29-14-28-18/h1,5-10,13,20-21H,4,11-12,14H2,2H3,(H,24,26)/t20-,21-/m1/s1. The number of carbonyl (C=O) groups excluding carboxylic acids is 2. The molecule has 2 aromatic carbocycles. The molecule has 2 aliphatic rings. The maximum absolute atomic E-state index is 13.3. The van der Waals surface area contributed by atoms with Crippen molar-refractivity contribution in [3.63, 3.8) is 0 Å². The molecule has 2 amide bonds. The Morgan fingerprint density at radius 2 is 2.03 bits per heavy atom. The molecular weight excluding hydrogens is 368 g/mol. The van der Waals surface area contributed by atoms with E-state index in [0.29, 0.717) is 29.2 Å². The second-order valence-corrected chi connectivity index (χ2v) is 7.04. The van der Waals surface area contributed by atoms with Gasteiger partial charge in [0.15, 0.2) is 11.5 Å². The lowest BCUT2D eigenvalue weighted by molar-refractivity contribution is -0.124. The van der Waals surface area contributed by atoms with Gasteiger partial charge in [-0.3, -0.25) is 9.59 Å². The molecule has 1 N–H and O–H groups in total. The van der Waals surface area contributed by atoms with Gasteiger partial charge in [-0.25, -0.2) is 0 Å². The summed E-state index contributed by atoms with van der Waals surface area (Å²) in [4.78, 5) is 28.3. The summed E-state index contributed by atoms with van der Waals surface area (Å²) >= 11 is 0. The Labute approximate surface area is 169 Å². The van der Waals surface area contributed by atoms with Gasteiger partial charge in [0.2, 0.25) is 12.7 Å². The van der Waals surface area contributed by atoms with E-state index in [2.05, 4.69) is 11.2 Å². The molecule has 0 fully saturated rings. The van der Waals surface area contributed by atoms with E-state index >= 15 is 0 Å². The molecule has 0 saturated carbocycles. The fourth-order valence-electron chi connectivity index (χ4n) is 4.08. The summed E-state index contributed by atoms with van der Waals surface area (Å²) in [5, 5.41) is 2.80. The summed E-state index contributed by atoms with van der Waals surface area (Å²) in [6, 6.07) is 12.4. The van der Waals surface area contributed by atoms with E-state index < -0.39 is 12.0 Å². The summed E-state index contributed by atoms with van der Waals surface area (Å²) in [5.41, 5.74) is 2.09. The van der Waals surface area contributed by atoms with E-state index in [9.17, 15) is 9.59 Å². The molecule has 0 radical (unpaired) electrons. The van der Waals surface area contributed by atoms with Crippen LogP contribution in [-0.2, 0) is 4.79 Å². The van der Waals surface area contributed by atoms with Gasteiger partial charge < -0.3 is 19.7 Å². The van der Waals surface area contributed by atoms with Gasteiger partial charge >= 0.3 is 0 Å². The summed E-state index contributed by atoms with van der Waals surface area (Å²) in [6.45, 7) is 2.84. The Balaban J connectivity index is 1.86. The molecule has 4 rings (SSSR count). The van der Waals surface area contributed by atoms with E-state index in [1.807, 2.05) is 43.3 Å². The highest BCUT2D eigenvalue weighted by Crippen LogP contribution is 2.45. The molecule has 0 aromatic heterocycles.